The van der Waals surface area contributed by atoms with Crippen molar-refractivity contribution in [2.75, 3.05) is 0 Å². The van der Waals surface area contributed by atoms with Crippen LogP contribution in [0.3, 0.4) is 0 Å². The molecule has 6 aromatic rings. The smallest absolute Gasteiger partial charge is 0.161 e. The summed E-state index contributed by atoms with van der Waals surface area (Å²) in [5, 5.41) is 0. The van der Waals surface area contributed by atoms with E-state index in [1.165, 1.54) is 47.4 Å². The number of fused-ring (bicyclic) bond motifs is 5. The summed E-state index contributed by atoms with van der Waals surface area (Å²) in [6, 6.07) is 49.2. The van der Waals surface area contributed by atoms with Crippen molar-refractivity contribution < 1.29 is 0 Å². The Morgan fingerprint density at radius 3 is 1.92 bits per heavy atom. The number of hydrogen-bond acceptors (Lipinski definition) is 3. The summed E-state index contributed by atoms with van der Waals surface area (Å²) in [6.45, 7) is 9.06. The first-order chi connectivity index (χ1) is 23.5. The molecular formula is C43H33N3S2. The first-order valence-electron chi connectivity index (χ1n) is 16.1. The van der Waals surface area contributed by atoms with Crippen molar-refractivity contribution in [2.45, 2.75) is 45.4 Å². The first kappa shape index (κ1) is 30.4. The second-order valence-electron chi connectivity index (χ2n) is 12.5. The van der Waals surface area contributed by atoms with Gasteiger partial charge in [0.05, 0.1) is 6.54 Å². The van der Waals surface area contributed by atoms with Gasteiger partial charge in [-0.2, -0.15) is 0 Å². The predicted octanol–water partition coefficient (Wildman–Crippen LogP) is 11.4. The van der Waals surface area contributed by atoms with Crippen molar-refractivity contribution >= 4 is 41.9 Å². The van der Waals surface area contributed by atoms with Gasteiger partial charge in [-0.3, -0.25) is 4.99 Å². The minimum atomic E-state index is -0.123. The van der Waals surface area contributed by atoms with Crippen LogP contribution in [0.4, 0.5) is 0 Å². The van der Waals surface area contributed by atoms with E-state index in [1.807, 2.05) is 72.1 Å². The fraction of sp³-hybridized carbons (Fsp3) is 0.0930. The molecule has 0 saturated carbocycles. The molecule has 48 heavy (non-hydrogen) atoms. The lowest BCUT2D eigenvalue weighted by Crippen LogP contribution is -2.15. The number of aliphatic imine (C=N–C) groups is 3. The molecule has 0 amide bonds. The van der Waals surface area contributed by atoms with Gasteiger partial charge in [-0.1, -0.05) is 140 Å². The molecule has 0 fully saturated rings. The summed E-state index contributed by atoms with van der Waals surface area (Å²) in [5.74, 6) is 1.18. The largest absolute Gasteiger partial charge is 0.261 e. The van der Waals surface area contributed by atoms with Crippen LogP contribution in [0.25, 0.3) is 22.3 Å². The van der Waals surface area contributed by atoms with E-state index in [1.54, 1.807) is 0 Å². The fourth-order valence-electron chi connectivity index (χ4n) is 6.59. The van der Waals surface area contributed by atoms with Crippen molar-refractivity contribution in [3.05, 3.63) is 167 Å². The average molecular weight is 656 g/mol. The third-order valence-corrected chi connectivity index (χ3v) is 11.7. The highest BCUT2D eigenvalue weighted by Crippen LogP contribution is 2.56. The number of amidine groups is 2. The van der Waals surface area contributed by atoms with Crippen LogP contribution in [-0.4, -0.2) is 18.4 Å². The van der Waals surface area contributed by atoms with Crippen molar-refractivity contribution in [1.29, 1.82) is 0 Å². The third kappa shape index (κ3) is 5.63. The molecule has 0 bridgehead atoms. The molecule has 0 N–H and O–H groups in total. The Morgan fingerprint density at radius 2 is 1.19 bits per heavy atom. The lowest BCUT2D eigenvalue weighted by molar-refractivity contribution is 0.658. The Hall–Kier alpha value is -4.97. The zero-order chi connectivity index (χ0) is 32.7. The molecule has 0 saturated heterocycles. The monoisotopic (exact) mass is 655 g/mol. The normalized spacial score (nSPS) is 14.5. The van der Waals surface area contributed by atoms with E-state index in [0.29, 0.717) is 18.2 Å². The number of rotatable bonds is 5. The summed E-state index contributed by atoms with van der Waals surface area (Å²) in [4.78, 5) is 19.6. The lowest BCUT2D eigenvalue weighted by atomic mass is 9.81. The van der Waals surface area contributed by atoms with E-state index >= 15 is 0 Å². The van der Waals surface area contributed by atoms with Gasteiger partial charge in [0.15, 0.2) is 11.7 Å². The topological polar surface area (TPSA) is 37.1 Å². The third-order valence-electron chi connectivity index (χ3n) is 9.13. The fourth-order valence-corrected chi connectivity index (χ4v) is 8.87. The maximum atomic E-state index is 5.01. The summed E-state index contributed by atoms with van der Waals surface area (Å²) in [5.41, 5.74) is 10.5. The van der Waals surface area contributed by atoms with Crippen LogP contribution in [0.15, 0.2) is 174 Å². The molecule has 0 unspecified atom stereocenters. The zero-order valence-electron chi connectivity index (χ0n) is 26.9. The lowest BCUT2D eigenvalue weighted by Gasteiger charge is -2.24. The molecule has 3 nitrogen and oxygen atoms in total. The summed E-state index contributed by atoms with van der Waals surface area (Å²) in [7, 11) is 0. The molecule has 6 aromatic carbocycles. The molecule has 0 spiro atoms. The summed E-state index contributed by atoms with van der Waals surface area (Å²) in [6.07, 6.45) is 0. The highest BCUT2D eigenvalue weighted by Gasteiger charge is 2.37. The van der Waals surface area contributed by atoms with Gasteiger partial charge in [-0.05, 0) is 82.1 Å². The van der Waals surface area contributed by atoms with Gasteiger partial charge >= 0.3 is 0 Å². The Kier molecular flexibility index (Phi) is 7.95. The molecule has 1 heterocycles. The van der Waals surface area contributed by atoms with Crippen LogP contribution < -0.4 is 0 Å². The predicted molar refractivity (Wildman–Crippen MR) is 203 cm³/mol. The molecule has 0 atom stereocenters. The van der Waals surface area contributed by atoms with Gasteiger partial charge in [0.1, 0.15) is 0 Å². The van der Waals surface area contributed by atoms with E-state index in [2.05, 4.69) is 117 Å². The van der Waals surface area contributed by atoms with Gasteiger partial charge in [-0.15, -0.1) is 0 Å². The van der Waals surface area contributed by atoms with Gasteiger partial charge < -0.3 is 0 Å². The van der Waals surface area contributed by atoms with E-state index in [-0.39, 0.29) is 5.41 Å². The zero-order valence-corrected chi connectivity index (χ0v) is 28.5. The number of benzene rings is 6. The standard InChI is InChI=1S/C43H33N3S2/c1-43(2)35-24-31(21-22-33(35)34-25-39-40(26-36(34)43)48-38-20-11-10-19-37(38)47-39)30-17-12-18-32(23-30)42(45-27-28-13-6-4-7-14-28)46-41(44-3)29-15-8-5-9-16-29/h4-26H,3,27H2,1-2H3. The Morgan fingerprint density at radius 1 is 0.562 bits per heavy atom. The van der Waals surface area contributed by atoms with E-state index in [9.17, 15) is 0 Å². The molecule has 2 aliphatic rings. The first-order valence-corrected chi connectivity index (χ1v) is 17.7. The van der Waals surface area contributed by atoms with E-state index in [0.717, 1.165) is 22.3 Å². The summed E-state index contributed by atoms with van der Waals surface area (Å²) >= 11 is 3.77. The maximum absolute atomic E-state index is 5.01. The van der Waals surface area contributed by atoms with Crippen LogP contribution in [0.5, 0.6) is 0 Å². The highest BCUT2D eigenvalue weighted by atomic mass is 32.2. The molecule has 8 rings (SSSR count). The quantitative estimate of drug-likeness (QED) is 0.137. The molecule has 232 valence electrons. The van der Waals surface area contributed by atoms with Crippen LogP contribution >= 0.6 is 23.5 Å². The molecule has 0 radical (unpaired) electrons. The van der Waals surface area contributed by atoms with Crippen LogP contribution in [0.1, 0.15) is 41.7 Å². The van der Waals surface area contributed by atoms with E-state index in [4.69, 9.17) is 9.98 Å². The van der Waals surface area contributed by atoms with Crippen molar-refractivity contribution in [1.82, 2.24) is 0 Å². The maximum Gasteiger partial charge on any atom is 0.161 e. The minimum absolute atomic E-state index is 0.123. The Bertz CT molecular complexity index is 2250. The Labute approximate surface area is 290 Å². The van der Waals surface area contributed by atoms with Crippen LogP contribution in [0, 0.1) is 0 Å². The van der Waals surface area contributed by atoms with Crippen molar-refractivity contribution in [3.8, 4) is 22.3 Å². The van der Waals surface area contributed by atoms with Crippen LogP contribution in [0.2, 0.25) is 0 Å². The Balaban J connectivity index is 1.17. The molecule has 1 aliphatic heterocycles. The van der Waals surface area contributed by atoms with Crippen molar-refractivity contribution in [3.63, 3.8) is 0 Å². The van der Waals surface area contributed by atoms with E-state index < -0.39 is 0 Å². The average Bonchev–Trinajstić information content (AvgIpc) is 3.35. The van der Waals surface area contributed by atoms with Gasteiger partial charge in [0.25, 0.3) is 0 Å². The molecule has 1 aliphatic carbocycles. The second-order valence-corrected chi connectivity index (χ2v) is 14.7. The number of nitrogens with zero attached hydrogens (tertiary/aromatic N) is 3. The van der Waals surface area contributed by atoms with Gasteiger partial charge in [-0.25, -0.2) is 9.98 Å². The molecule has 5 heteroatoms. The molecular weight excluding hydrogens is 623 g/mol. The van der Waals surface area contributed by atoms with Gasteiger partial charge in [0, 0.05) is 36.1 Å². The highest BCUT2D eigenvalue weighted by molar-refractivity contribution is 8.05. The summed E-state index contributed by atoms with van der Waals surface area (Å²) < 4.78 is 0. The minimum Gasteiger partial charge on any atom is -0.261 e. The SMILES string of the molecule is C=NC(=NC(=NCc1ccccc1)c1cccc(-c2ccc3c(c2)C(C)(C)c2cc4c(cc2-3)Sc2ccccc2S4)c1)c1ccccc1. The van der Waals surface area contributed by atoms with Gasteiger partial charge in [0.2, 0.25) is 0 Å². The van der Waals surface area contributed by atoms with Crippen LogP contribution in [-0.2, 0) is 12.0 Å². The molecule has 0 aromatic heterocycles. The number of hydrogen-bond donors (Lipinski definition) is 0. The second kappa shape index (κ2) is 12.6. The van der Waals surface area contributed by atoms with Crippen molar-refractivity contribution in [2.24, 2.45) is 15.0 Å².